The lowest BCUT2D eigenvalue weighted by atomic mass is 10.1. The number of hydrogen-bond donors (Lipinski definition) is 1. The fourth-order valence-corrected chi connectivity index (χ4v) is 2.74. The van der Waals surface area contributed by atoms with E-state index in [9.17, 15) is 5.11 Å². The minimum absolute atomic E-state index is 0.0866. The Balaban J connectivity index is 1.54. The Bertz CT molecular complexity index is 992. The summed E-state index contributed by atoms with van der Waals surface area (Å²) in [5.41, 5.74) is 3.47. The van der Waals surface area contributed by atoms with Crippen molar-refractivity contribution in [3.8, 4) is 22.8 Å². The van der Waals surface area contributed by atoms with Crippen molar-refractivity contribution in [1.29, 1.82) is 0 Å². The number of phenols is 1. The quantitative estimate of drug-likeness (QED) is 0.567. The second kappa shape index (κ2) is 6.49. The molecule has 0 unspecified atom stereocenters. The largest absolute Gasteiger partial charge is 0.504 e. The molecule has 25 heavy (non-hydrogen) atoms. The van der Waals surface area contributed by atoms with Gasteiger partial charge in [-0.1, -0.05) is 29.8 Å². The van der Waals surface area contributed by atoms with Crippen LogP contribution in [0, 0.1) is 0 Å². The van der Waals surface area contributed by atoms with Crippen LogP contribution in [0.2, 0.25) is 5.02 Å². The summed E-state index contributed by atoms with van der Waals surface area (Å²) in [7, 11) is 0. The van der Waals surface area contributed by atoms with Crippen molar-refractivity contribution < 1.29 is 9.84 Å². The van der Waals surface area contributed by atoms with Gasteiger partial charge in [-0.05, 0) is 48.0 Å². The van der Waals surface area contributed by atoms with Crippen molar-refractivity contribution in [1.82, 2.24) is 9.38 Å². The number of benzene rings is 2. The van der Waals surface area contributed by atoms with E-state index in [0.717, 1.165) is 22.5 Å². The highest BCUT2D eigenvalue weighted by molar-refractivity contribution is 6.30. The van der Waals surface area contributed by atoms with Gasteiger partial charge in [0.05, 0.1) is 5.69 Å². The first-order valence-corrected chi connectivity index (χ1v) is 8.21. The summed E-state index contributed by atoms with van der Waals surface area (Å²) in [6.45, 7) is 0.360. The normalized spacial score (nSPS) is 10.9. The van der Waals surface area contributed by atoms with Crippen LogP contribution in [0.4, 0.5) is 0 Å². The maximum atomic E-state index is 10.3. The summed E-state index contributed by atoms with van der Waals surface area (Å²) in [4.78, 5) is 4.55. The molecule has 0 fully saturated rings. The average molecular weight is 351 g/mol. The van der Waals surface area contributed by atoms with Gasteiger partial charge in [-0.25, -0.2) is 4.98 Å². The molecule has 0 aliphatic rings. The fraction of sp³-hybridized carbons (Fsp3) is 0.0500. The van der Waals surface area contributed by atoms with Gasteiger partial charge >= 0.3 is 0 Å². The van der Waals surface area contributed by atoms with Gasteiger partial charge in [0.15, 0.2) is 11.5 Å². The minimum atomic E-state index is 0.0866. The van der Waals surface area contributed by atoms with E-state index >= 15 is 0 Å². The van der Waals surface area contributed by atoms with Crippen molar-refractivity contribution in [2.24, 2.45) is 0 Å². The number of imidazole rings is 1. The Morgan fingerprint density at radius 1 is 1.04 bits per heavy atom. The predicted molar refractivity (Wildman–Crippen MR) is 98.1 cm³/mol. The lowest BCUT2D eigenvalue weighted by molar-refractivity contribution is 0.289. The lowest BCUT2D eigenvalue weighted by Gasteiger charge is -2.09. The van der Waals surface area contributed by atoms with Gasteiger partial charge in [0.1, 0.15) is 12.3 Å². The van der Waals surface area contributed by atoms with Crippen LogP contribution in [0.3, 0.4) is 0 Å². The number of hydrogen-bond acceptors (Lipinski definition) is 3. The second-order valence-corrected chi connectivity index (χ2v) is 6.13. The standard InChI is InChI=1S/C20H15ClN2O2/c21-16-7-4-14(5-8-16)13-25-19-9-6-15(11-18(19)24)17-12-23-10-2-1-3-20(23)22-17/h1-12,24H,13H2. The Hall–Kier alpha value is -2.98. The number of aromatic hydroxyl groups is 1. The summed E-state index contributed by atoms with van der Waals surface area (Å²) in [6.07, 6.45) is 3.87. The van der Waals surface area contributed by atoms with Crippen LogP contribution in [0.15, 0.2) is 73.1 Å². The van der Waals surface area contributed by atoms with E-state index in [1.165, 1.54) is 0 Å². The molecule has 4 rings (SSSR count). The van der Waals surface area contributed by atoms with E-state index < -0.39 is 0 Å². The zero-order chi connectivity index (χ0) is 17.2. The molecule has 0 bridgehead atoms. The van der Waals surface area contributed by atoms with Crippen molar-refractivity contribution in [3.63, 3.8) is 0 Å². The van der Waals surface area contributed by atoms with Gasteiger partial charge in [-0.3, -0.25) is 0 Å². The van der Waals surface area contributed by atoms with Gasteiger partial charge < -0.3 is 14.2 Å². The molecule has 2 heterocycles. The molecule has 1 N–H and O–H groups in total. The molecular formula is C20H15ClN2O2. The number of phenolic OH excluding ortho intramolecular Hbond substituents is 1. The first-order chi connectivity index (χ1) is 12.2. The summed E-state index contributed by atoms with van der Waals surface area (Å²) < 4.78 is 7.64. The van der Waals surface area contributed by atoms with E-state index in [1.807, 2.05) is 65.3 Å². The third kappa shape index (κ3) is 3.30. The first-order valence-electron chi connectivity index (χ1n) is 7.83. The molecule has 2 aromatic heterocycles. The molecule has 0 saturated heterocycles. The third-order valence-electron chi connectivity index (χ3n) is 3.93. The third-order valence-corrected chi connectivity index (χ3v) is 4.18. The number of ether oxygens (including phenoxy) is 1. The van der Waals surface area contributed by atoms with E-state index in [-0.39, 0.29) is 5.75 Å². The van der Waals surface area contributed by atoms with Gasteiger partial charge in [0.25, 0.3) is 0 Å². The summed E-state index contributed by atoms with van der Waals surface area (Å²) >= 11 is 5.87. The molecule has 4 nitrogen and oxygen atoms in total. The maximum absolute atomic E-state index is 10.3. The lowest BCUT2D eigenvalue weighted by Crippen LogP contribution is -1.95. The molecule has 124 valence electrons. The van der Waals surface area contributed by atoms with Gasteiger partial charge in [-0.15, -0.1) is 0 Å². The van der Waals surface area contributed by atoms with Crippen molar-refractivity contribution in [2.45, 2.75) is 6.61 Å². The van der Waals surface area contributed by atoms with Crippen LogP contribution in [-0.4, -0.2) is 14.5 Å². The number of fused-ring (bicyclic) bond motifs is 1. The van der Waals surface area contributed by atoms with Crippen molar-refractivity contribution in [2.75, 3.05) is 0 Å². The number of nitrogens with zero attached hydrogens (tertiary/aromatic N) is 2. The van der Waals surface area contributed by atoms with Gasteiger partial charge in [0.2, 0.25) is 0 Å². The molecule has 0 spiro atoms. The molecule has 0 radical (unpaired) electrons. The minimum Gasteiger partial charge on any atom is -0.504 e. The van der Waals surface area contributed by atoms with Gasteiger partial charge in [-0.2, -0.15) is 0 Å². The van der Waals surface area contributed by atoms with Crippen molar-refractivity contribution >= 4 is 17.2 Å². The van der Waals surface area contributed by atoms with Crippen LogP contribution in [0.5, 0.6) is 11.5 Å². The summed E-state index contributed by atoms with van der Waals surface area (Å²) in [5, 5.41) is 11.0. The molecule has 0 saturated carbocycles. The highest BCUT2D eigenvalue weighted by Crippen LogP contribution is 2.32. The molecule has 2 aromatic carbocycles. The Labute approximate surface area is 149 Å². The van der Waals surface area contributed by atoms with E-state index in [0.29, 0.717) is 17.4 Å². The van der Waals surface area contributed by atoms with Gasteiger partial charge in [0, 0.05) is 23.0 Å². The number of halogens is 1. The van der Waals surface area contributed by atoms with E-state index in [2.05, 4.69) is 4.98 Å². The summed E-state index contributed by atoms with van der Waals surface area (Å²) in [5.74, 6) is 0.519. The fourth-order valence-electron chi connectivity index (χ4n) is 2.61. The maximum Gasteiger partial charge on any atom is 0.161 e. The Morgan fingerprint density at radius 2 is 1.88 bits per heavy atom. The number of aromatic nitrogens is 2. The van der Waals surface area contributed by atoms with Crippen LogP contribution in [0.1, 0.15) is 5.56 Å². The number of rotatable bonds is 4. The van der Waals surface area contributed by atoms with Crippen LogP contribution in [-0.2, 0) is 6.61 Å². The molecule has 0 amide bonds. The first kappa shape index (κ1) is 15.5. The SMILES string of the molecule is Oc1cc(-c2cn3ccccc3n2)ccc1OCc1ccc(Cl)cc1. The molecule has 0 aliphatic heterocycles. The van der Waals surface area contributed by atoms with Crippen molar-refractivity contribution in [3.05, 3.63) is 83.6 Å². The van der Waals surface area contributed by atoms with Crippen LogP contribution >= 0.6 is 11.6 Å². The van der Waals surface area contributed by atoms with E-state index in [4.69, 9.17) is 16.3 Å². The molecular weight excluding hydrogens is 336 g/mol. The smallest absolute Gasteiger partial charge is 0.161 e. The average Bonchev–Trinajstić information content (AvgIpc) is 3.06. The zero-order valence-electron chi connectivity index (χ0n) is 13.3. The van der Waals surface area contributed by atoms with Crippen LogP contribution in [0.25, 0.3) is 16.9 Å². The zero-order valence-corrected chi connectivity index (χ0v) is 14.0. The molecule has 5 heteroatoms. The Kier molecular flexibility index (Phi) is 4.04. The topological polar surface area (TPSA) is 46.8 Å². The highest BCUT2D eigenvalue weighted by Gasteiger charge is 2.09. The predicted octanol–water partition coefficient (Wildman–Crippen LogP) is 4.94. The molecule has 0 atom stereocenters. The highest BCUT2D eigenvalue weighted by atomic mass is 35.5. The molecule has 0 aliphatic carbocycles. The Morgan fingerprint density at radius 3 is 2.64 bits per heavy atom. The van der Waals surface area contributed by atoms with Crippen LogP contribution < -0.4 is 4.74 Å². The molecule has 4 aromatic rings. The number of pyridine rings is 1. The van der Waals surface area contributed by atoms with E-state index in [1.54, 1.807) is 12.1 Å². The second-order valence-electron chi connectivity index (χ2n) is 5.69. The summed E-state index contributed by atoms with van der Waals surface area (Å²) in [6, 6.07) is 18.5. The monoisotopic (exact) mass is 350 g/mol.